The molecular formula is C28H34N4O2S. The summed E-state index contributed by atoms with van der Waals surface area (Å²) in [6.45, 7) is 9.20. The van der Waals surface area contributed by atoms with E-state index in [9.17, 15) is 9.59 Å². The lowest BCUT2D eigenvalue weighted by Gasteiger charge is -2.36. The fraction of sp³-hybridized carbons (Fsp3) is 0.357. The molecule has 2 N–H and O–H groups in total. The Hall–Kier alpha value is -3.16. The van der Waals surface area contributed by atoms with Gasteiger partial charge in [-0.1, -0.05) is 62.4 Å². The van der Waals surface area contributed by atoms with Crippen molar-refractivity contribution in [1.29, 1.82) is 0 Å². The van der Waals surface area contributed by atoms with Crippen molar-refractivity contribution in [2.45, 2.75) is 33.0 Å². The fourth-order valence-corrected chi connectivity index (χ4v) is 5.00. The number of hydrogen-bond acceptors (Lipinski definition) is 5. The van der Waals surface area contributed by atoms with E-state index in [2.05, 4.69) is 69.0 Å². The average molecular weight is 491 g/mol. The van der Waals surface area contributed by atoms with Gasteiger partial charge in [0.1, 0.15) is 6.04 Å². The van der Waals surface area contributed by atoms with Gasteiger partial charge in [-0.15, -0.1) is 11.3 Å². The maximum atomic E-state index is 13.0. The number of anilines is 1. The van der Waals surface area contributed by atoms with Crippen LogP contribution in [0.1, 0.15) is 34.6 Å². The van der Waals surface area contributed by atoms with Crippen LogP contribution in [0.4, 0.5) is 5.69 Å². The van der Waals surface area contributed by atoms with Gasteiger partial charge in [0.15, 0.2) is 0 Å². The number of carbonyl (C=O) groups excluding carboxylic acids is 2. The van der Waals surface area contributed by atoms with Gasteiger partial charge < -0.3 is 15.5 Å². The Bertz CT molecular complexity index is 1090. The first-order valence-corrected chi connectivity index (χ1v) is 13.1. The molecule has 0 aliphatic carbocycles. The van der Waals surface area contributed by atoms with Gasteiger partial charge in [-0.3, -0.25) is 14.5 Å². The molecule has 184 valence electrons. The van der Waals surface area contributed by atoms with Crippen LogP contribution in [0.15, 0.2) is 72.1 Å². The number of benzene rings is 2. The first kappa shape index (κ1) is 24.9. The summed E-state index contributed by atoms with van der Waals surface area (Å²) < 4.78 is 0. The molecule has 0 bridgehead atoms. The van der Waals surface area contributed by atoms with Gasteiger partial charge in [-0.2, -0.15) is 0 Å². The molecule has 1 saturated heterocycles. The number of nitrogens with one attached hydrogen (secondary N) is 2. The van der Waals surface area contributed by atoms with Crippen LogP contribution in [0.3, 0.4) is 0 Å². The summed E-state index contributed by atoms with van der Waals surface area (Å²) in [5, 5.41) is 7.82. The average Bonchev–Trinajstić information content (AvgIpc) is 3.43. The molecule has 0 spiro atoms. The van der Waals surface area contributed by atoms with Crippen LogP contribution in [0, 0.1) is 5.92 Å². The van der Waals surface area contributed by atoms with E-state index in [0.29, 0.717) is 11.4 Å². The Balaban J connectivity index is 1.32. The van der Waals surface area contributed by atoms with Crippen LogP contribution in [0.2, 0.25) is 0 Å². The van der Waals surface area contributed by atoms with E-state index >= 15 is 0 Å². The van der Waals surface area contributed by atoms with Gasteiger partial charge >= 0.3 is 0 Å². The van der Waals surface area contributed by atoms with Crippen LogP contribution >= 0.6 is 11.3 Å². The van der Waals surface area contributed by atoms with E-state index in [4.69, 9.17) is 0 Å². The molecule has 2 amide bonds. The normalized spacial score (nSPS) is 15.1. The molecule has 1 unspecified atom stereocenters. The molecule has 1 fully saturated rings. The highest BCUT2D eigenvalue weighted by atomic mass is 32.1. The molecule has 35 heavy (non-hydrogen) atoms. The first-order chi connectivity index (χ1) is 17.0. The Morgan fingerprint density at radius 2 is 1.57 bits per heavy atom. The van der Waals surface area contributed by atoms with Crippen molar-refractivity contribution in [2.24, 2.45) is 5.92 Å². The van der Waals surface area contributed by atoms with Gasteiger partial charge in [0.2, 0.25) is 5.91 Å². The van der Waals surface area contributed by atoms with Crippen molar-refractivity contribution >= 4 is 28.8 Å². The monoisotopic (exact) mass is 490 g/mol. The van der Waals surface area contributed by atoms with Gasteiger partial charge in [0, 0.05) is 45.0 Å². The zero-order valence-corrected chi connectivity index (χ0v) is 21.3. The summed E-state index contributed by atoms with van der Waals surface area (Å²) in [5.41, 5.74) is 3.62. The van der Waals surface area contributed by atoms with E-state index in [1.165, 1.54) is 22.6 Å². The largest absolute Gasteiger partial charge is 0.369 e. The minimum Gasteiger partial charge on any atom is -0.369 e. The summed E-state index contributed by atoms with van der Waals surface area (Å²) in [6.07, 6.45) is 0. The van der Waals surface area contributed by atoms with E-state index in [-0.39, 0.29) is 17.7 Å². The second kappa shape index (κ2) is 12.0. The number of carbonyl (C=O) groups is 2. The third-order valence-electron chi connectivity index (χ3n) is 6.44. The molecule has 3 aromatic rings. The maximum Gasteiger partial charge on any atom is 0.262 e. The Morgan fingerprint density at radius 3 is 2.23 bits per heavy atom. The molecular weight excluding hydrogens is 456 g/mol. The molecule has 1 aliphatic heterocycles. The quantitative estimate of drug-likeness (QED) is 0.473. The minimum absolute atomic E-state index is 0.0185. The Kier molecular flexibility index (Phi) is 8.55. The van der Waals surface area contributed by atoms with E-state index < -0.39 is 6.04 Å². The Morgan fingerprint density at radius 1 is 0.886 bits per heavy atom. The molecule has 1 aliphatic rings. The molecule has 1 atom stereocenters. The first-order valence-electron chi connectivity index (χ1n) is 12.2. The number of amides is 2. The highest BCUT2D eigenvalue weighted by molar-refractivity contribution is 7.12. The van der Waals surface area contributed by atoms with Crippen molar-refractivity contribution in [3.8, 4) is 0 Å². The lowest BCUT2D eigenvalue weighted by atomic mass is 10.0. The van der Waals surface area contributed by atoms with Crippen LogP contribution < -0.4 is 15.5 Å². The van der Waals surface area contributed by atoms with Crippen LogP contribution in [-0.2, 0) is 17.9 Å². The summed E-state index contributed by atoms with van der Waals surface area (Å²) in [6, 6.07) is 21.9. The molecule has 2 heterocycles. The minimum atomic E-state index is -0.581. The van der Waals surface area contributed by atoms with Gasteiger partial charge in [-0.05, 0) is 40.6 Å². The smallest absolute Gasteiger partial charge is 0.262 e. The van der Waals surface area contributed by atoms with Crippen molar-refractivity contribution < 1.29 is 9.59 Å². The summed E-state index contributed by atoms with van der Waals surface area (Å²) in [4.78, 5) is 31.0. The van der Waals surface area contributed by atoms with Gasteiger partial charge in [0.25, 0.3) is 5.91 Å². The molecule has 6 nitrogen and oxygen atoms in total. The standard InChI is InChI=1S/C28H34N4O2S/c1-21(2)26(30-27(33)25-13-8-18-35-25)28(34)29-19-22-9-6-7-10-23(22)20-31-14-16-32(17-15-31)24-11-4-3-5-12-24/h3-13,18,21,26H,14-17,19-20H2,1-2H3,(H,29,34)(H,30,33). The van der Waals surface area contributed by atoms with Crippen molar-refractivity contribution in [3.63, 3.8) is 0 Å². The van der Waals surface area contributed by atoms with Crippen LogP contribution in [0.5, 0.6) is 0 Å². The van der Waals surface area contributed by atoms with Crippen molar-refractivity contribution in [1.82, 2.24) is 15.5 Å². The highest BCUT2D eigenvalue weighted by Gasteiger charge is 2.25. The van der Waals surface area contributed by atoms with E-state index in [1.807, 2.05) is 31.4 Å². The molecule has 0 saturated carbocycles. The predicted octanol–water partition coefficient (Wildman–Crippen LogP) is 4.14. The number of rotatable bonds is 9. The number of hydrogen-bond donors (Lipinski definition) is 2. The van der Waals surface area contributed by atoms with Gasteiger partial charge in [-0.25, -0.2) is 0 Å². The molecule has 7 heteroatoms. The highest BCUT2D eigenvalue weighted by Crippen LogP contribution is 2.18. The van der Waals surface area contributed by atoms with E-state index in [1.54, 1.807) is 6.07 Å². The third kappa shape index (κ3) is 6.71. The third-order valence-corrected chi connectivity index (χ3v) is 7.31. The lowest BCUT2D eigenvalue weighted by Crippen LogP contribution is -2.49. The summed E-state index contributed by atoms with van der Waals surface area (Å²) >= 11 is 1.37. The Labute approximate surface area is 212 Å². The van der Waals surface area contributed by atoms with Crippen molar-refractivity contribution in [3.05, 3.63) is 88.1 Å². The topological polar surface area (TPSA) is 64.7 Å². The lowest BCUT2D eigenvalue weighted by molar-refractivity contribution is -0.124. The van der Waals surface area contributed by atoms with Crippen LogP contribution in [-0.4, -0.2) is 48.9 Å². The zero-order chi connectivity index (χ0) is 24.6. The second-order valence-electron chi connectivity index (χ2n) is 9.26. The second-order valence-corrected chi connectivity index (χ2v) is 10.2. The summed E-state index contributed by atoms with van der Waals surface area (Å²) in [5.74, 6) is -0.379. The molecule has 4 rings (SSSR count). The van der Waals surface area contributed by atoms with Crippen molar-refractivity contribution in [2.75, 3.05) is 31.1 Å². The molecule has 2 aromatic carbocycles. The fourth-order valence-electron chi connectivity index (χ4n) is 4.38. The maximum absolute atomic E-state index is 13.0. The van der Waals surface area contributed by atoms with E-state index in [0.717, 1.165) is 38.3 Å². The zero-order valence-electron chi connectivity index (χ0n) is 20.4. The number of para-hydroxylation sites is 1. The number of piperazine rings is 1. The molecule has 1 aromatic heterocycles. The van der Waals surface area contributed by atoms with Gasteiger partial charge in [0.05, 0.1) is 4.88 Å². The SMILES string of the molecule is CC(C)C(NC(=O)c1cccs1)C(=O)NCc1ccccc1CN1CCN(c2ccccc2)CC1. The summed E-state index contributed by atoms with van der Waals surface area (Å²) in [7, 11) is 0. The number of nitrogens with zero attached hydrogens (tertiary/aromatic N) is 2. The molecule has 0 radical (unpaired) electrons. The van der Waals surface area contributed by atoms with Crippen LogP contribution in [0.25, 0.3) is 0 Å². The predicted molar refractivity (Wildman–Crippen MR) is 143 cm³/mol. The number of thiophene rings is 1.